The van der Waals surface area contributed by atoms with E-state index in [1.165, 1.54) is 19.2 Å². The van der Waals surface area contributed by atoms with Crippen molar-refractivity contribution in [2.75, 3.05) is 12.4 Å². The Kier molecular flexibility index (Phi) is 6.07. The first-order valence-electron chi connectivity index (χ1n) is 9.89. The monoisotopic (exact) mass is 429 g/mol. The Morgan fingerprint density at radius 1 is 1.06 bits per heavy atom. The van der Waals surface area contributed by atoms with Gasteiger partial charge in [0.2, 0.25) is 5.91 Å². The van der Waals surface area contributed by atoms with Crippen LogP contribution in [-0.4, -0.2) is 28.4 Å². The first kappa shape index (κ1) is 21.0. The van der Waals surface area contributed by atoms with E-state index in [4.69, 9.17) is 4.74 Å². The van der Waals surface area contributed by atoms with Gasteiger partial charge in [-0.05, 0) is 48.0 Å². The molecule has 4 rings (SSSR count). The van der Waals surface area contributed by atoms with Gasteiger partial charge in [0, 0.05) is 34.9 Å². The van der Waals surface area contributed by atoms with Gasteiger partial charge in [0.15, 0.2) is 5.78 Å². The third-order valence-electron chi connectivity index (χ3n) is 4.93. The first-order chi connectivity index (χ1) is 15.5. The Hall–Kier alpha value is -4.26. The number of carbonyl (C=O) groups is 2. The Morgan fingerprint density at radius 2 is 1.88 bits per heavy atom. The number of hydrogen-bond acceptors (Lipinski definition) is 4. The summed E-state index contributed by atoms with van der Waals surface area (Å²) in [6.45, 7) is 0. The molecular weight excluding hydrogens is 409 g/mol. The Labute approximate surface area is 184 Å². The summed E-state index contributed by atoms with van der Waals surface area (Å²) < 4.78 is 20.4. The Morgan fingerprint density at radius 3 is 2.59 bits per heavy atom. The van der Waals surface area contributed by atoms with Crippen LogP contribution in [0.25, 0.3) is 16.8 Å². The molecule has 1 amide bonds. The average molecular weight is 429 g/mol. The number of methoxy groups -OCH3 is 1. The number of carbonyl (C=O) groups excluding carboxylic acids is 2. The predicted molar refractivity (Wildman–Crippen MR) is 120 cm³/mol. The van der Waals surface area contributed by atoms with Crippen molar-refractivity contribution in [2.24, 2.45) is 0 Å². The number of nitrogens with one attached hydrogen (secondary N) is 1. The van der Waals surface area contributed by atoms with Crippen molar-refractivity contribution >= 4 is 17.4 Å². The van der Waals surface area contributed by atoms with E-state index in [0.717, 1.165) is 11.3 Å². The highest BCUT2D eigenvalue weighted by Crippen LogP contribution is 2.32. The van der Waals surface area contributed by atoms with Crippen molar-refractivity contribution in [3.63, 3.8) is 0 Å². The van der Waals surface area contributed by atoms with Crippen molar-refractivity contribution in [2.45, 2.75) is 6.42 Å². The van der Waals surface area contributed by atoms with Crippen molar-refractivity contribution in [1.29, 1.82) is 0 Å². The largest absolute Gasteiger partial charge is 0.496 e. The van der Waals surface area contributed by atoms with Gasteiger partial charge in [-0.3, -0.25) is 9.59 Å². The lowest BCUT2D eigenvalue weighted by molar-refractivity contribution is -0.115. The Bertz CT molecular complexity index is 1250. The number of ether oxygens (including phenoxy) is 1. The van der Waals surface area contributed by atoms with Crippen LogP contribution in [0, 0.1) is 5.82 Å². The lowest BCUT2D eigenvalue weighted by Gasteiger charge is -2.12. The second-order valence-electron chi connectivity index (χ2n) is 7.09. The van der Waals surface area contributed by atoms with E-state index in [9.17, 15) is 14.0 Å². The van der Waals surface area contributed by atoms with Gasteiger partial charge in [0.1, 0.15) is 11.6 Å². The Balaban J connectivity index is 1.48. The van der Waals surface area contributed by atoms with E-state index < -0.39 is 5.91 Å². The van der Waals surface area contributed by atoms with Crippen molar-refractivity contribution in [3.05, 3.63) is 96.8 Å². The molecule has 0 aliphatic heterocycles. The van der Waals surface area contributed by atoms with Gasteiger partial charge >= 0.3 is 0 Å². The minimum absolute atomic E-state index is 0.295. The van der Waals surface area contributed by atoms with Gasteiger partial charge < -0.3 is 14.6 Å². The van der Waals surface area contributed by atoms with Crippen molar-refractivity contribution < 1.29 is 18.7 Å². The molecule has 32 heavy (non-hydrogen) atoms. The summed E-state index contributed by atoms with van der Waals surface area (Å²) in [6.07, 6.45) is 4.76. The van der Waals surface area contributed by atoms with Crippen LogP contribution in [0.5, 0.6) is 5.75 Å². The lowest BCUT2D eigenvalue weighted by Crippen LogP contribution is -2.16. The summed E-state index contributed by atoms with van der Waals surface area (Å²) in [5, 5.41) is 2.75. The quantitative estimate of drug-likeness (QED) is 0.335. The topological polar surface area (TPSA) is 73.2 Å². The zero-order valence-electron chi connectivity index (χ0n) is 17.3. The zero-order valence-corrected chi connectivity index (χ0v) is 17.3. The van der Waals surface area contributed by atoms with Crippen LogP contribution in [-0.2, 0) is 4.79 Å². The first-order valence-corrected chi connectivity index (χ1v) is 9.89. The van der Waals surface area contributed by atoms with Crippen LogP contribution in [0.2, 0.25) is 0 Å². The maximum absolute atomic E-state index is 13.3. The molecule has 1 aromatic heterocycles. The number of hydrogen-bond donors (Lipinski definition) is 1. The molecule has 0 saturated carbocycles. The summed E-state index contributed by atoms with van der Waals surface area (Å²) in [6, 6.07) is 18.1. The number of halogens is 1. The molecule has 4 aromatic rings. The third kappa shape index (κ3) is 4.73. The number of Topliss-reactive ketones (excluding diaryl/α,β-unsaturated/α-hetero) is 1. The fourth-order valence-corrected chi connectivity index (χ4v) is 3.35. The highest BCUT2D eigenvalue weighted by molar-refractivity contribution is 6.11. The van der Waals surface area contributed by atoms with Crippen LogP contribution in [0.3, 0.4) is 0 Å². The van der Waals surface area contributed by atoms with Crippen LogP contribution in [0.4, 0.5) is 10.1 Å². The fourth-order valence-electron chi connectivity index (χ4n) is 3.35. The molecule has 1 N–H and O–H groups in total. The minimum Gasteiger partial charge on any atom is -0.496 e. The predicted octanol–water partition coefficient (Wildman–Crippen LogP) is 4.90. The van der Waals surface area contributed by atoms with Gasteiger partial charge in [0.25, 0.3) is 0 Å². The summed E-state index contributed by atoms with van der Waals surface area (Å²) in [7, 11) is 1.54. The maximum atomic E-state index is 13.3. The second-order valence-corrected chi connectivity index (χ2v) is 7.09. The maximum Gasteiger partial charge on any atom is 0.232 e. The van der Waals surface area contributed by atoms with Crippen molar-refractivity contribution in [1.82, 2.24) is 9.55 Å². The molecule has 0 spiro atoms. The number of ketones is 1. The number of anilines is 1. The minimum atomic E-state index is -0.432. The average Bonchev–Trinajstić information content (AvgIpc) is 3.35. The third-order valence-corrected chi connectivity index (χ3v) is 4.93. The molecule has 6 nitrogen and oxygen atoms in total. The fraction of sp³-hybridized carbons (Fsp3) is 0.0800. The second kappa shape index (κ2) is 9.26. The smallest absolute Gasteiger partial charge is 0.232 e. The number of benzene rings is 3. The molecule has 0 saturated heterocycles. The summed E-state index contributed by atoms with van der Waals surface area (Å²) in [5.41, 5.74) is 3.17. The van der Waals surface area contributed by atoms with E-state index in [0.29, 0.717) is 22.6 Å². The highest BCUT2D eigenvalue weighted by atomic mass is 19.1. The van der Waals surface area contributed by atoms with E-state index in [1.54, 1.807) is 71.8 Å². The van der Waals surface area contributed by atoms with Gasteiger partial charge in [-0.15, -0.1) is 0 Å². The summed E-state index contributed by atoms with van der Waals surface area (Å²) >= 11 is 0. The number of nitrogens with zero attached hydrogens (tertiary/aromatic N) is 2. The van der Waals surface area contributed by atoms with E-state index in [2.05, 4.69) is 10.3 Å². The number of amides is 1. The molecule has 0 fully saturated rings. The molecule has 1 heterocycles. The van der Waals surface area contributed by atoms with Gasteiger partial charge in [-0.2, -0.15) is 0 Å². The molecule has 7 heteroatoms. The van der Waals surface area contributed by atoms with Crippen molar-refractivity contribution in [3.8, 4) is 22.6 Å². The van der Waals surface area contributed by atoms with Gasteiger partial charge in [0.05, 0.1) is 19.9 Å². The van der Waals surface area contributed by atoms with E-state index >= 15 is 0 Å². The van der Waals surface area contributed by atoms with Crippen LogP contribution in [0.1, 0.15) is 16.8 Å². The van der Waals surface area contributed by atoms with Crippen LogP contribution in [0.15, 0.2) is 85.5 Å². The number of imidazole rings is 1. The highest BCUT2D eigenvalue weighted by Gasteiger charge is 2.14. The van der Waals surface area contributed by atoms with Crippen LogP contribution < -0.4 is 10.1 Å². The summed E-state index contributed by atoms with van der Waals surface area (Å²) in [4.78, 5) is 29.2. The molecule has 0 aliphatic rings. The molecule has 3 aromatic carbocycles. The molecule has 160 valence electrons. The standard InChI is InChI=1S/C25H20FN3O3/c1-32-24-10-9-20(14-22(24)17-5-7-19(26)8-6-17)28-25(31)15-23(30)18-3-2-4-21(13-18)29-12-11-27-16-29/h2-14,16H,15H2,1H3,(H,28,31). The molecule has 0 aliphatic carbocycles. The van der Waals surface area contributed by atoms with Crippen LogP contribution >= 0.6 is 0 Å². The lowest BCUT2D eigenvalue weighted by atomic mass is 10.0. The van der Waals surface area contributed by atoms with Gasteiger partial charge in [-0.1, -0.05) is 24.3 Å². The number of aromatic nitrogens is 2. The normalized spacial score (nSPS) is 10.6. The molecular formula is C25H20FN3O3. The van der Waals surface area contributed by atoms with E-state index in [1.807, 2.05) is 6.07 Å². The molecule has 0 unspecified atom stereocenters. The summed E-state index contributed by atoms with van der Waals surface area (Å²) in [5.74, 6) is -0.482. The molecule has 0 bridgehead atoms. The van der Waals surface area contributed by atoms with Gasteiger partial charge in [-0.25, -0.2) is 9.37 Å². The number of rotatable bonds is 7. The van der Waals surface area contributed by atoms with E-state index in [-0.39, 0.29) is 18.0 Å². The molecule has 0 radical (unpaired) electrons. The zero-order chi connectivity index (χ0) is 22.5. The SMILES string of the molecule is COc1ccc(NC(=O)CC(=O)c2cccc(-n3ccnc3)c2)cc1-c1ccc(F)cc1. The molecule has 0 atom stereocenters.